The Bertz CT molecular complexity index is 1600. The highest BCUT2D eigenvalue weighted by Gasteiger charge is 2.20. The van der Waals surface area contributed by atoms with E-state index in [4.69, 9.17) is 4.52 Å². The molecule has 31 heavy (non-hydrogen) atoms. The van der Waals surface area contributed by atoms with Crippen LogP contribution < -0.4 is 0 Å². The molecule has 0 radical (unpaired) electrons. The Balaban J connectivity index is 1.51. The number of nitrogens with zero attached hydrogens (tertiary/aromatic N) is 4. The number of aromatic nitrogens is 3. The van der Waals surface area contributed by atoms with Gasteiger partial charge in [-0.25, -0.2) is 0 Å². The van der Waals surface area contributed by atoms with Gasteiger partial charge in [0.15, 0.2) is 5.76 Å². The lowest BCUT2D eigenvalue weighted by molar-refractivity contribution is -0.384. The summed E-state index contributed by atoms with van der Waals surface area (Å²) in [4.78, 5) is 11.0. The third-order valence-electron chi connectivity index (χ3n) is 5.64. The Kier molecular flexibility index (Phi) is 3.70. The first-order valence-corrected chi connectivity index (χ1v) is 9.87. The van der Waals surface area contributed by atoms with Crippen molar-refractivity contribution in [3.05, 3.63) is 101 Å². The molecule has 3 heterocycles. The average Bonchev–Trinajstić information content (AvgIpc) is 3.49. The van der Waals surface area contributed by atoms with Gasteiger partial charge in [0.1, 0.15) is 11.3 Å². The van der Waals surface area contributed by atoms with Crippen molar-refractivity contribution >= 4 is 33.1 Å². The molecule has 0 aliphatic heterocycles. The van der Waals surface area contributed by atoms with Gasteiger partial charge in [-0.15, -0.1) is 0 Å². The number of rotatable bonds is 4. The van der Waals surface area contributed by atoms with Crippen LogP contribution in [0.15, 0.2) is 89.6 Å². The Morgan fingerprint density at radius 3 is 2.55 bits per heavy atom. The number of para-hydroxylation sites is 3. The average molecular weight is 408 g/mol. The number of nitro benzene ring substituents is 1. The van der Waals surface area contributed by atoms with E-state index in [2.05, 4.69) is 44.6 Å². The van der Waals surface area contributed by atoms with Crippen molar-refractivity contribution in [3.8, 4) is 11.3 Å². The van der Waals surface area contributed by atoms with Gasteiger partial charge in [0.2, 0.25) is 0 Å². The van der Waals surface area contributed by atoms with Crippen molar-refractivity contribution in [2.45, 2.75) is 6.54 Å². The number of hydrogen-bond donors (Lipinski definition) is 0. The fourth-order valence-electron chi connectivity index (χ4n) is 4.29. The van der Waals surface area contributed by atoms with Crippen molar-refractivity contribution in [2.24, 2.45) is 0 Å². The minimum absolute atomic E-state index is 0.00809. The molecule has 0 saturated heterocycles. The summed E-state index contributed by atoms with van der Waals surface area (Å²) in [6, 6.07) is 24.8. The summed E-state index contributed by atoms with van der Waals surface area (Å²) in [5.74, 6) is 0.627. The monoisotopic (exact) mass is 408 g/mol. The molecule has 3 aromatic heterocycles. The fraction of sp³-hybridized carbons (Fsp3) is 0.0417. The summed E-state index contributed by atoms with van der Waals surface area (Å²) in [6.07, 6.45) is 2.14. The Morgan fingerprint density at radius 1 is 0.935 bits per heavy atom. The Hall–Kier alpha value is -4.39. The Morgan fingerprint density at radius 2 is 1.68 bits per heavy atom. The molecule has 0 saturated carbocycles. The summed E-state index contributed by atoms with van der Waals surface area (Å²) in [5, 5.41) is 17.8. The van der Waals surface area contributed by atoms with Gasteiger partial charge >= 0.3 is 0 Å². The van der Waals surface area contributed by atoms with Gasteiger partial charge in [-0.3, -0.25) is 14.5 Å². The van der Waals surface area contributed by atoms with Gasteiger partial charge in [-0.1, -0.05) is 53.7 Å². The molecule has 0 atom stereocenters. The van der Waals surface area contributed by atoms with Crippen molar-refractivity contribution in [2.75, 3.05) is 0 Å². The molecule has 150 valence electrons. The van der Waals surface area contributed by atoms with E-state index in [9.17, 15) is 10.1 Å². The third-order valence-corrected chi connectivity index (χ3v) is 5.64. The van der Waals surface area contributed by atoms with Crippen LogP contribution in [0, 0.1) is 10.1 Å². The van der Waals surface area contributed by atoms with Crippen molar-refractivity contribution in [1.29, 1.82) is 0 Å². The molecular weight excluding hydrogens is 392 g/mol. The molecule has 6 rings (SSSR count). The molecular formula is C24H16N4O3. The molecule has 0 N–H and O–H groups in total. The predicted molar refractivity (Wildman–Crippen MR) is 118 cm³/mol. The van der Waals surface area contributed by atoms with E-state index in [1.165, 1.54) is 6.07 Å². The van der Waals surface area contributed by atoms with Gasteiger partial charge in [-0.05, 0) is 18.2 Å². The zero-order valence-electron chi connectivity index (χ0n) is 16.3. The maximum atomic E-state index is 11.4. The van der Waals surface area contributed by atoms with E-state index in [0.717, 1.165) is 27.5 Å². The lowest BCUT2D eigenvalue weighted by Crippen LogP contribution is -1.98. The highest BCUT2D eigenvalue weighted by atomic mass is 16.6. The van der Waals surface area contributed by atoms with Crippen molar-refractivity contribution in [1.82, 2.24) is 14.1 Å². The van der Waals surface area contributed by atoms with Crippen LogP contribution in [-0.4, -0.2) is 19.0 Å². The van der Waals surface area contributed by atoms with Crippen LogP contribution in [-0.2, 0) is 6.54 Å². The summed E-state index contributed by atoms with van der Waals surface area (Å²) in [7, 11) is 0. The van der Waals surface area contributed by atoms with E-state index in [0.29, 0.717) is 23.6 Å². The standard InChI is InChI=1S/C24H16N4O3/c29-28(30)21-10-4-3-9-19(21)20-13-17(31-25-20)15-27-23-12-6-5-11-22(23)26-14-16-7-1-2-8-18(16)24(26)27/h1-14H,15H2. The molecule has 0 fully saturated rings. The molecule has 0 amide bonds. The van der Waals surface area contributed by atoms with Crippen LogP contribution in [0.5, 0.6) is 0 Å². The molecule has 0 bridgehead atoms. The SMILES string of the molecule is O=[N+]([O-])c1ccccc1-c1cc(Cn2c3ccccc3n3cc4ccccc4c23)on1. The van der Waals surface area contributed by atoms with E-state index in [-0.39, 0.29) is 5.69 Å². The smallest absolute Gasteiger partial charge is 0.278 e. The van der Waals surface area contributed by atoms with E-state index < -0.39 is 4.92 Å². The van der Waals surface area contributed by atoms with Crippen LogP contribution in [0.2, 0.25) is 0 Å². The fourth-order valence-corrected chi connectivity index (χ4v) is 4.29. The van der Waals surface area contributed by atoms with Crippen molar-refractivity contribution in [3.63, 3.8) is 0 Å². The second-order valence-corrected chi connectivity index (χ2v) is 7.44. The van der Waals surface area contributed by atoms with Crippen LogP contribution in [0.3, 0.4) is 0 Å². The van der Waals surface area contributed by atoms with Crippen LogP contribution in [0.25, 0.3) is 38.7 Å². The normalized spacial score (nSPS) is 11.6. The first-order chi connectivity index (χ1) is 15.2. The van der Waals surface area contributed by atoms with E-state index in [1.807, 2.05) is 24.3 Å². The minimum atomic E-state index is -0.403. The number of fused-ring (bicyclic) bond motifs is 5. The number of nitro groups is 1. The predicted octanol–water partition coefficient (Wildman–Crippen LogP) is 5.66. The Labute approximate surface area is 175 Å². The van der Waals surface area contributed by atoms with Crippen LogP contribution >= 0.6 is 0 Å². The zero-order chi connectivity index (χ0) is 20.9. The molecule has 3 aromatic carbocycles. The van der Waals surface area contributed by atoms with Gasteiger partial charge in [0.25, 0.3) is 5.69 Å². The van der Waals surface area contributed by atoms with Crippen LogP contribution in [0.4, 0.5) is 5.69 Å². The van der Waals surface area contributed by atoms with Gasteiger partial charge < -0.3 is 9.09 Å². The lowest BCUT2D eigenvalue weighted by atomic mass is 10.1. The highest BCUT2D eigenvalue weighted by molar-refractivity contribution is 6.00. The third kappa shape index (κ3) is 2.63. The molecule has 7 heteroatoms. The molecule has 7 nitrogen and oxygen atoms in total. The quantitative estimate of drug-likeness (QED) is 0.279. The van der Waals surface area contributed by atoms with Gasteiger partial charge in [0, 0.05) is 29.1 Å². The summed E-state index contributed by atoms with van der Waals surface area (Å²) in [5.41, 5.74) is 4.15. The molecule has 6 aromatic rings. The van der Waals surface area contributed by atoms with Gasteiger partial charge in [0.05, 0.1) is 28.1 Å². The zero-order valence-corrected chi connectivity index (χ0v) is 16.3. The van der Waals surface area contributed by atoms with E-state index >= 15 is 0 Å². The lowest BCUT2D eigenvalue weighted by Gasteiger charge is -2.03. The number of benzene rings is 3. The van der Waals surface area contributed by atoms with Gasteiger partial charge in [-0.2, -0.15) is 0 Å². The molecule has 0 aliphatic rings. The highest BCUT2D eigenvalue weighted by Crippen LogP contribution is 2.32. The minimum Gasteiger partial charge on any atom is -0.359 e. The topological polar surface area (TPSA) is 78.5 Å². The summed E-state index contributed by atoms with van der Waals surface area (Å²) < 4.78 is 10.0. The summed E-state index contributed by atoms with van der Waals surface area (Å²) >= 11 is 0. The molecule has 0 aliphatic carbocycles. The number of imidazole rings is 1. The van der Waals surface area contributed by atoms with Crippen molar-refractivity contribution < 1.29 is 9.45 Å². The first kappa shape index (κ1) is 17.5. The maximum Gasteiger partial charge on any atom is 0.278 e. The first-order valence-electron chi connectivity index (χ1n) is 9.87. The summed E-state index contributed by atoms with van der Waals surface area (Å²) in [6.45, 7) is 0.457. The second-order valence-electron chi connectivity index (χ2n) is 7.44. The largest absolute Gasteiger partial charge is 0.359 e. The van der Waals surface area contributed by atoms with Crippen LogP contribution in [0.1, 0.15) is 5.76 Å². The van der Waals surface area contributed by atoms with E-state index in [1.54, 1.807) is 24.3 Å². The number of hydrogen-bond acceptors (Lipinski definition) is 4. The second kappa shape index (κ2) is 6.56. The molecule has 0 unspecified atom stereocenters. The maximum absolute atomic E-state index is 11.4. The molecule has 0 spiro atoms.